The average molecular weight is 263 g/mol. The van der Waals surface area contributed by atoms with Gasteiger partial charge in [0.25, 0.3) is 0 Å². The van der Waals surface area contributed by atoms with Crippen molar-refractivity contribution in [2.75, 3.05) is 6.54 Å². The molecule has 1 aliphatic carbocycles. The molecule has 3 N–H and O–H groups in total. The van der Waals surface area contributed by atoms with Gasteiger partial charge < -0.3 is 15.8 Å². The molecule has 0 spiro atoms. The van der Waals surface area contributed by atoms with Gasteiger partial charge in [0, 0.05) is 24.3 Å². The van der Waals surface area contributed by atoms with Gasteiger partial charge in [0.15, 0.2) is 0 Å². The molecule has 0 aromatic carbocycles. The Balaban J connectivity index is 1.95. The highest BCUT2D eigenvalue weighted by atomic mass is 16.5. The molecule has 1 aromatic rings. The summed E-state index contributed by atoms with van der Waals surface area (Å²) in [6.45, 7) is 5.62. The maximum atomic E-state index is 5.81. The van der Waals surface area contributed by atoms with Crippen LogP contribution in [0.25, 0.3) is 0 Å². The predicted molar refractivity (Wildman–Crippen MR) is 77.0 cm³/mol. The van der Waals surface area contributed by atoms with E-state index >= 15 is 0 Å². The summed E-state index contributed by atoms with van der Waals surface area (Å²) in [5, 5.41) is 3.61. The van der Waals surface area contributed by atoms with Crippen LogP contribution in [0.4, 0.5) is 0 Å². The van der Waals surface area contributed by atoms with E-state index in [1.54, 1.807) is 6.20 Å². The highest BCUT2D eigenvalue weighted by Crippen LogP contribution is 2.25. The van der Waals surface area contributed by atoms with Crippen LogP contribution in [0.2, 0.25) is 0 Å². The van der Waals surface area contributed by atoms with E-state index in [-0.39, 0.29) is 6.10 Å². The number of rotatable bonds is 6. The largest absolute Gasteiger partial charge is 0.475 e. The Labute approximate surface area is 115 Å². The molecule has 0 aliphatic heterocycles. The van der Waals surface area contributed by atoms with Gasteiger partial charge in [-0.25, -0.2) is 4.98 Å². The summed E-state index contributed by atoms with van der Waals surface area (Å²) in [5.41, 5.74) is 6.94. The lowest BCUT2D eigenvalue weighted by atomic mass is 10.0. The van der Waals surface area contributed by atoms with Crippen LogP contribution in [0.15, 0.2) is 18.3 Å². The monoisotopic (exact) mass is 263 g/mol. The number of aromatic nitrogens is 1. The molecular weight excluding hydrogens is 238 g/mol. The molecular formula is C15H25N3O. The van der Waals surface area contributed by atoms with Gasteiger partial charge in [-0.1, -0.05) is 12.5 Å². The van der Waals surface area contributed by atoms with Gasteiger partial charge >= 0.3 is 0 Å². The summed E-state index contributed by atoms with van der Waals surface area (Å²) in [7, 11) is 0. The molecule has 2 unspecified atom stereocenters. The second-order valence-corrected chi connectivity index (χ2v) is 5.55. The van der Waals surface area contributed by atoms with Crippen molar-refractivity contribution in [2.24, 2.45) is 11.7 Å². The molecule has 1 aromatic heterocycles. The van der Waals surface area contributed by atoms with E-state index in [0.717, 1.165) is 24.5 Å². The van der Waals surface area contributed by atoms with E-state index in [2.05, 4.69) is 16.4 Å². The SMILES string of the molecule is CC(C)Oc1ncccc1CNC1CCCC1CN. The Kier molecular flexibility index (Phi) is 5.16. The lowest BCUT2D eigenvalue weighted by Crippen LogP contribution is -2.35. The summed E-state index contributed by atoms with van der Waals surface area (Å²) >= 11 is 0. The number of nitrogens with zero attached hydrogens (tertiary/aromatic N) is 1. The third-order valence-electron chi connectivity index (χ3n) is 3.71. The van der Waals surface area contributed by atoms with E-state index < -0.39 is 0 Å². The predicted octanol–water partition coefficient (Wildman–Crippen LogP) is 2.09. The summed E-state index contributed by atoms with van der Waals surface area (Å²) < 4.78 is 5.74. The molecule has 0 amide bonds. The van der Waals surface area contributed by atoms with Crippen molar-refractivity contribution in [3.8, 4) is 5.88 Å². The molecule has 4 nitrogen and oxygen atoms in total. The topological polar surface area (TPSA) is 60.2 Å². The Morgan fingerprint density at radius 1 is 1.47 bits per heavy atom. The maximum absolute atomic E-state index is 5.81. The van der Waals surface area contributed by atoms with E-state index in [1.807, 2.05) is 19.9 Å². The quantitative estimate of drug-likeness (QED) is 0.825. The first-order chi connectivity index (χ1) is 9.20. The van der Waals surface area contributed by atoms with Gasteiger partial charge in [0.1, 0.15) is 0 Å². The Hall–Kier alpha value is -1.13. The number of hydrogen-bond donors (Lipinski definition) is 2. The van der Waals surface area contributed by atoms with Gasteiger partial charge in [-0.15, -0.1) is 0 Å². The summed E-state index contributed by atoms with van der Waals surface area (Å²) in [6.07, 6.45) is 5.68. The molecule has 19 heavy (non-hydrogen) atoms. The van der Waals surface area contributed by atoms with Crippen LogP contribution in [0.1, 0.15) is 38.7 Å². The Morgan fingerprint density at radius 2 is 2.32 bits per heavy atom. The van der Waals surface area contributed by atoms with Crippen LogP contribution in [0, 0.1) is 5.92 Å². The highest BCUT2D eigenvalue weighted by Gasteiger charge is 2.25. The van der Waals surface area contributed by atoms with Crippen molar-refractivity contribution >= 4 is 0 Å². The minimum Gasteiger partial charge on any atom is -0.475 e. The van der Waals surface area contributed by atoms with Gasteiger partial charge in [0.2, 0.25) is 5.88 Å². The van der Waals surface area contributed by atoms with Crippen LogP contribution < -0.4 is 15.8 Å². The van der Waals surface area contributed by atoms with Crippen molar-refractivity contribution < 1.29 is 4.74 Å². The van der Waals surface area contributed by atoms with Crippen molar-refractivity contribution in [3.63, 3.8) is 0 Å². The molecule has 2 rings (SSSR count). The third-order valence-corrected chi connectivity index (χ3v) is 3.71. The number of nitrogens with one attached hydrogen (secondary N) is 1. The molecule has 1 fully saturated rings. The second kappa shape index (κ2) is 6.87. The molecule has 0 bridgehead atoms. The fourth-order valence-corrected chi connectivity index (χ4v) is 2.72. The van der Waals surface area contributed by atoms with Crippen LogP contribution in [0.3, 0.4) is 0 Å². The third kappa shape index (κ3) is 3.91. The number of hydrogen-bond acceptors (Lipinski definition) is 4. The molecule has 1 saturated carbocycles. The molecule has 0 radical (unpaired) electrons. The normalized spacial score (nSPS) is 22.9. The number of nitrogens with two attached hydrogens (primary N) is 1. The minimum absolute atomic E-state index is 0.150. The average Bonchev–Trinajstić information content (AvgIpc) is 2.84. The Morgan fingerprint density at radius 3 is 3.05 bits per heavy atom. The zero-order chi connectivity index (χ0) is 13.7. The van der Waals surface area contributed by atoms with Crippen LogP contribution in [-0.2, 0) is 6.54 Å². The maximum Gasteiger partial charge on any atom is 0.218 e. The number of ether oxygens (including phenoxy) is 1. The van der Waals surface area contributed by atoms with Crippen LogP contribution in [-0.4, -0.2) is 23.7 Å². The Bertz CT molecular complexity index is 395. The van der Waals surface area contributed by atoms with Gasteiger partial charge in [-0.2, -0.15) is 0 Å². The second-order valence-electron chi connectivity index (χ2n) is 5.55. The summed E-state index contributed by atoms with van der Waals surface area (Å²) in [4.78, 5) is 4.32. The van der Waals surface area contributed by atoms with Crippen molar-refractivity contribution in [1.82, 2.24) is 10.3 Å². The fourth-order valence-electron chi connectivity index (χ4n) is 2.72. The first-order valence-corrected chi connectivity index (χ1v) is 7.24. The summed E-state index contributed by atoms with van der Waals surface area (Å²) in [5.74, 6) is 1.36. The fraction of sp³-hybridized carbons (Fsp3) is 0.667. The van der Waals surface area contributed by atoms with E-state index in [0.29, 0.717) is 12.0 Å². The standard InChI is InChI=1S/C15H25N3O/c1-11(2)19-15-13(6-4-8-17-15)10-18-14-7-3-5-12(14)9-16/h4,6,8,11-12,14,18H,3,5,7,9-10,16H2,1-2H3. The van der Waals surface area contributed by atoms with E-state index in [1.165, 1.54) is 19.3 Å². The van der Waals surface area contributed by atoms with E-state index in [4.69, 9.17) is 10.5 Å². The highest BCUT2D eigenvalue weighted by molar-refractivity contribution is 5.25. The molecule has 4 heteroatoms. The minimum atomic E-state index is 0.150. The van der Waals surface area contributed by atoms with Crippen molar-refractivity contribution in [2.45, 2.75) is 51.8 Å². The molecule has 1 heterocycles. The molecule has 0 saturated heterocycles. The van der Waals surface area contributed by atoms with E-state index in [9.17, 15) is 0 Å². The zero-order valence-corrected chi connectivity index (χ0v) is 11.9. The lowest BCUT2D eigenvalue weighted by Gasteiger charge is -2.20. The molecule has 1 aliphatic rings. The van der Waals surface area contributed by atoms with Crippen molar-refractivity contribution in [3.05, 3.63) is 23.9 Å². The zero-order valence-electron chi connectivity index (χ0n) is 11.9. The van der Waals surface area contributed by atoms with Gasteiger partial charge in [0.05, 0.1) is 6.10 Å². The first-order valence-electron chi connectivity index (χ1n) is 7.24. The first kappa shape index (κ1) is 14.3. The smallest absolute Gasteiger partial charge is 0.218 e. The molecule has 2 atom stereocenters. The lowest BCUT2D eigenvalue weighted by molar-refractivity contribution is 0.229. The number of pyridine rings is 1. The van der Waals surface area contributed by atoms with Gasteiger partial charge in [-0.05, 0) is 45.2 Å². The van der Waals surface area contributed by atoms with Crippen molar-refractivity contribution in [1.29, 1.82) is 0 Å². The molecule has 106 valence electrons. The van der Waals surface area contributed by atoms with Crippen LogP contribution in [0.5, 0.6) is 5.88 Å². The summed E-state index contributed by atoms with van der Waals surface area (Å²) in [6, 6.07) is 4.57. The van der Waals surface area contributed by atoms with Gasteiger partial charge in [-0.3, -0.25) is 0 Å². The van der Waals surface area contributed by atoms with Crippen LogP contribution >= 0.6 is 0 Å².